The molecule has 0 saturated carbocycles. The van der Waals surface area contributed by atoms with Crippen LogP contribution in [-0.4, -0.2) is 28.6 Å². The van der Waals surface area contributed by atoms with Crippen molar-refractivity contribution >= 4 is 17.5 Å². The van der Waals surface area contributed by atoms with Crippen molar-refractivity contribution in [2.45, 2.75) is 32.7 Å². The van der Waals surface area contributed by atoms with Crippen LogP contribution in [0.4, 0.5) is 5.82 Å². The number of ketones is 1. The predicted octanol–water partition coefficient (Wildman–Crippen LogP) is 2.65. The molecule has 0 fully saturated rings. The van der Waals surface area contributed by atoms with Crippen LogP contribution in [0.2, 0.25) is 0 Å². The van der Waals surface area contributed by atoms with Gasteiger partial charge in [-0.25, -0.2) is 4.68 Å². The molecule has 27 heavy (non-hydrogen) atoms. The van der Waals surface area contributed by atoms with Gasteiger partial charge in [0.1, 0.15) is 23.2 Å². The number of nitrogens with zero attached hydrogens (tertiary/aromatic N) is 2. The molecule has 1 aliphatic carbocycles. The number of hydrogen-bond donors (Lipinski definition) is 2. The van der Waals surface area contributed by atoms with Gasteiger partial charge in [-0.05, 0) is 17.9 Å². The van der Waals surface area contributed by atoms with E-state index in [0.717, 1.165) is 11.3 Å². The molecule has 2 aliphatic rings. The zero-order valence-electron chi connectivity index (χ0n) is 15.6. The topological polar surface area (TPSA) is 99.2 Å². The van der Waals surface area contributed by atoms with Crippen molar-refractivity contribution in [3.05, 3.63) is 52.9 Å². The lowest BCUT2D eigenvalue weighted by atomic mass is 9.73. The number of aromatic nitrogens is 2. The van der Waals surface area contributed by atoms with Crippen LogP contribution in [-0.2, 0) is 4.79 Å². The Hall–Kier alpha value is -3.09. The first-order chi connectivity index (χ1) is 12.8. The summed E-state index contributed by atoms with van der Waals surface area (Å²) in [6, 6.07) is 7.08. The van der Waals surface area contributed by atoms with E-state index in [4.69, 9.17) is 10.5 Å². The Kier molecular flexibility index (Phi) is 3.83. The van der Waals surface area contributed by atoms with Crippen LogP contribution in [0.1, 0.15) is 48.7 Å². The zero-order chi connectivity index (χ0) is 19.3. The predicted molar refractivity (Wildman–Crippen MR) is 101 cm³/mol. The van der Waals surface area contributed by atoms with Gasteiger partial charge in [-0.3, -0.25) is 9.59 Å². The lowest BCUT2D eigenvalue weighted by Gasteiger charge is -2.39. The summed E-state index contributed by atoms with van der Waals surface area (Å²) >= 11 is 0. The van der Waals surface area contributed by atoms with Gasteiger partial charge in [-0.15, -0.1) is 0 Å². The molecule has 2 heterocycles. The van der Waals surface area contributed by atoms with Gasteiger partial charge in [-0.1, -0.05) is 32.0 Å². The van der Waals surface area contributed by atoms with Gasteiger partial charge in [0.25, 0.3) is 5.91 Å². The molecule has 1 amide bonds. The van der Waals surface area contributed by atoms with Gasteiger partial charge in [0.05, 0.1) is 13.3 Å². The summed E-state index contributed by atoms with van der Waals surface area (Å²) in [6.07, 6.45) is 2.60. The SMILES string of the molecule is COc1ccccc1C1C2=C(CC(C)(C)CC2=O)Nc2c(C(N)=O)cnn21. The Balaban J connectivity index is 1.98. The summed E-state index contributed by atoms with van der Waals surface area (Å²) in [5, 5.41) is 7.65. The summed E-state index contributed by atoms with van der Waals surface area (Å²) in [5.74, 6) is 0.693. The first-order valence-corrected chi connectivity index (χ1v) is 8.86. The number of carbonyl (C=O) groups excluding carboxylic acids is 2. The smallest absolute Gasteiger partial charge is 0.254 e. The monoisotopic (exact) mass is 366 g/mol. The van der Waals surface area contributed by atoms with Gasteiger partial charge in [-0.2, -0.15) is 5.10 Å². The van der Waals surface area contributed by atoms with E-state index in [1.54, 1.807) is 11.8 Å². The van der Waals surface area contributed by atoms with Crippen molar-refractivity contribution in [3.8, 4) is 5.75 Å². The van der Waals surface area contributed by atoms with Gasteiger partial charge in [0.2, 0.25) is 0 Å². The Labute approximate surface area is 157 Å². The highest BCUT2D eigenvalue weighted by molar-refractivity contribution is 6.02. The maximum Gasteiger partial charge on any atom is 0.254 e. The lowest BCUT2D eigenvalue weighted by molar-refractivity contribution is -0.118. The van der Waals surface area contributed by atoms with E-state index in [1.165, 1.54) is 6.20 Å². The largest absolute Gasteiger partial charge is 0.496 e. The molecule has 7 nitrogen and oxygen atoms in total. The lowest BCUT2D eigenvalue weighted by Crippen LogP contribution is -2.37. The second-order valence-corrected chi connectivity index (χ2v) is 7.82. The number of amides is 1. The average molecular weight is 366 g/mol. The molecular weight excluding hydrogens is 344 g/mol. The van der Waals surface area contributed by atoms with Gasteiger partial charge in [0, 0.05) is 23.3 Å². The number of primary amides is 1. The van der Waals surface area contributed by atoms with E-state index in [0.29, 0.717) is 35.5 Å². The number of methoxy groups -OCH3 is 1. The quantitative estimate of drug-likeness (QED) is 0.870. The first kappa shape index (κ1) is 17.3. The number of nitrogens with two attached hydrogens (primary N) is 1. The molecule has 1 aromatic heterocycles. The summed E-state index contributed by atoms with van der Waals surface area (Å²) in [7, 11) is 1.60. The van der Waals surface area contributed by atoms with E-state index in [1.807, 2.05) is 24.3 Å². The number of allylic oxidation sites excluding steroid dienone is 2. The molecule has 0 spiro atoms. The molecule has 4 rings (SSSR count). The first-order valence-electron chi connectivity index (χ1n) is 8.86. The number of ether oxygens (including phenoxy) is 1. The fourth-order valence-electron chi connectivity index (χ4n) is 4.07. The molecule has 1 unspecified atom stereocenters. The third-order valence-corrected chi connectivity index (χ3v) is 5.20. The number of rotatable bonds is 3. The van der Waals surface area contributed by atoms with E-state index in [-0.39, 0.29) is 11.2 Å². The Bertz CT molecular complexity index is 987. The van der Waals surface area contributed by atoms with E-state index in [9.17, 15) is 9.59 Å². The minimum Gasteiger partial charge on any atom is -0.496 e. The standard InChI is InChI=1S/C20H22N4O3/c1-20(2)8-13-16(14(25)9-20)17(11-6-4-5-7-15(11)27-3)24-19(23-13)12(10-22-24)18(21)26/h4-7,10,17,23H,8-9H2,1-3H3,(H2,21,26). The molecule has 0 saturated heterocycles. The van der Waals surface area contributed by atoms with Crippen LogP contribution in [0, 0.1) is 5.41 Å². The summed E-state index contributed by atoms with van der Waals surface area (Å²) < 4.78 is 7.20. The average Bonchev–Trinajstić information content (AvgIpc) is 3.02. The highest BCUT2D eigenvalue weighted by atomic mass is 16.5. The van der Waals surface area contributed by atoms with Crippen LogP contribution in [0.25, 0.3) is 0 Å². The zero-order valence-corrected chi connectivity index (χ0v) is 15.6. The number of nitrogens with one attached hydrogen (secondary N) is 1. The van der Waals surface area contributed by atoms with E-state index in [2.05, 4.69) is 24.3 Å². The van der Waals surface area contributed by atoms with Crippen molar-refractivity contribution in [1.82, 2.24) is 9.78 Å². The minimum absolute atomic E-state index is 0.0754. The van der Waals surface area contributed by atoms with Crippen LogP contribution in [0.15, 0.2) is 41.7 Å². The molecule has 1 aliphatic heterocycles. The Morgan fingerprint density at radius 3 is 2.78 bits per heavy atom. The highest BCUT2D eigenvalue weighted by Crippen LogP contribution is 2.47. The fraction of sp³-hybridized carbons (Fsp3) is 0.350. The number of Topliss-reactive ketones (excluding diaryl/α,β-unsaturated/α-hetero) is 1. The van der Waals surface area contributed by atoms with Crippen LogP contribution in [0.5, 0.6) is 5.75 Å². The van der Waals surface area contributed by atoms with Crippen molar-refractivity contribution in [3.63, 3.8) is 0 Å². The fourth-order valence-corrected chi connectivity index (χ4v) is 4.07. The number of carbonyl (C=O) groups is 2. The number of hydrogen-bond acceptors (Lipinski definition) is 5. The second-order valence-electron chi connectivity index (χ2n) is 7.82. The number of benzene rings is 1. The molecule has 0 radical (unpaired) electrons. The number of anilines is 1. The van der Waals surface area contributed by atoms with E-state index >= 15 is 0 Å². The molecule has 2 aromatic rings. The third kappa shape index (κ3) is 2.70. The normalized spacial score (nSPS) is 20.6. The molecule has 3 N–H and O–H groups in total. The Morgan fingerprint density at radius 2 is 2.07 bits per heavy atom. The number of fused-ring (bicyclic) bond motifs is 1. The second kappa shape index (κ2) is 5.97. The van der Waals surface area contributed by atoms with Crippen molar-refractivity contribution in [2.75, 3.05) is 12.4 Å². The van der Waals surface area contributed by atoms with E-state index < -0.39 is 11.9 Å². The third-order valence-electron chi connectivity index (χ3n) is 5.20. The van der Waals surface area contributed by atoms with Gasteiger partial charge >= 0.3 is 0 Å². The van der Waals surface area contributed by atoms with Crippen LogP contribution >= 0.6 is 0 Å². The summed E-state index contributed by atoms with van der Waals surface area (Å²) in [4.78, 5) is 25.0. The Morgan fingerprint density at radius 1 is 1.33 bits per heavy atom. The maximum atomic E-state index is 13.1. The summed E-state index contributed by atoms with van der Waals surface area (Å²) in [5.41, 5.74) is 7.99. The van der Waals surface area contributed by atoms with Gasteiger partial charge < -0.3 is 15.8 Å². The molecule has 7 heteroatoms. The van der Waals surface area contributed by atoms with Gasteiger partial charge in [0.15, 0.2) is 5.78 Å². The molecule has 1 aromatic carbocycles. The highest BCUT2D eigenvalue weighted by Gasteiger charge is 2.42. The minimum atomic E-state index is -0.562. The molecule has 1 atom stereocenters. The molecule has 0 bridgehead atoms. The van der Waals surface area contributed by atoms with Crippen molar-refractivity contribution in [1.29, 1.82) is 0 Å². The van der Waals surface area contributed by atoms with Crippen molar-refractivity contribution < 1.29 is 14.3 Å². The molecular formula is C20H22N4O3. The van der Waals surface area contributed by atoms with Crippen LogP contribution in [0.3, 0.4) is 0 Å². The summed E-state index contributed by atoms with van der Waals surface area (Å²) in [6.45, 7) is 4.13. The molecule has 140 valence electrons. The van der Waals surface area contributed by atoms with Crippen molar-refractivity contribution in [2.24, 2.45) is 11.1 Å². The maximum absolute atomic E-state index is 13.1. The number of para-hydroxylation sites is 1. The van der Waals surface area contributed by atoms with Crippen LogP contribution < -0.4 is 15.8 Å².